The fraction of sp³-hybridized carbons (Fsp3) is 0.214. The molecular formula is C14H14FNO3. The second-order valence-corrected chi connectivity index (χ2v) is 4.17. The van der Waals surface area contributed by atoms with Crippen LogP contribution < -0.4 is 0 Å². The van der Waals surface area contributed by atoms with Gasteiger partial charge in [0.15, 0.2) is 0 Å². The summed E-state index contributed by atoms with van der Waals surface area (Å²) < 4.78 is 12.9. The molecule has 5 heteroatoms. The minimum absolute atomic E-state index is 0.127. The van der Waals surface area contributed by atoms with Crippen LogP contribution in [0.15, 0.2) is 24.3 Å². The molecule has 1 aromatic heterocycles. The summed E-state index contributed by atoms with van der Waals surface area (Å²) in [6.07, 6.45) is 0. The highest BCUT2D eigenvalue weighted by Crippen LogP contribution is 2.32. The zero-order chi connectivity index (χ0) is 14.0. The lowest BCUT2D eigenvalue weighted by atomic mass is 10.00. The van der Waals surface area contributed by atoms with Crippen LogP contribution in [0.5, 0.6) is 5.75 Å². The molecule has 0 amide bonds. The SMILES string of the molecule is Cc1nc(-c2ccc(F)cc2)c(CO)c(CO)c1O. The molecule has 1 heterocycles. The number of aryl methyl sites for hydroxylation is 1. The second kappa shape index (κ2) is 5.34. The Labute approximate surface area is 109 Å². The van der Waals surface area contributed by atoms with Crippen molar-refractivity contribution >= 4 is 0 Å². The number of halogens is 1. The van der Waals surface area contributed by atoms with Crippen LogP contribution >= 0.6 is 0 Å². The molecule has 0 aliphatic rings. The molecule has 2 aromatic rings. The van der Waals surface area contributed by atoms with E-state index in [1.54, 1.807) is 6.92 Å². The zero-order valence-electron chi connectivity index (χ0n) is 10.4. The Hall–Kier alpha value is -1.98. The van der Waals surface area contributed by atoms with Gasteiger partial charge in [-0.3, -0.25) is 0 Å². The minimum atomic E-state index is -0.403. The number of nitrogens with zero attached hydrogens (tertiary/aromatic N) is 1. The molecule has 0 bridgehead atoms. The molecule has 0 saturated heterocycles. The molecule has 0 radical (unpaired) electrons. The molecule has 19 heavy (non-hydrogen) atoms. The summed E-state index contributed by atoms with van der Waals surface area (Å²) in [5, 5.41) is 28.6. The van der Waals surface area contributed by atoms with Crippen molar-refractivity contribution < 1.29 is 19.7 Å². The van der Waals surface area contributed by atoms with E-state index in [0.717, 1.165) is 0 Å². The minimum Gasteiger partial charge on any atom is -0.506 e. The Bertz CT molecular complexity index is 597. The standard InChI is InChI=1S/C14H14FNO3/c1-8-14(19)12(7-18)11(6-17)13(16-8)9-2-4-10(15)5-3-9/h2-5,17-19H,6-7H2,1H3. The molecule has 2 rings (SSSR count). The Morgan fingerprint density at radius 2 is 1.63 bits per heavy atom. The molecular weight excluding hydrogens is 249 g/mol. The third-order valence-electron chi connectivity index (χ3n) is 2.99. The van der Waals surface area contributed by atoms with Crippen molar-refractivity contribution in [1.82, 2.24) is 4.98 Å². The third kappa shape index (κ3) is 2.43. The molecule has 0 saturated carbocycles. The number of pyridine rings is 1. The van der Waals surface area contributed by atoms with E-state index >= 15 is 0 Å². The van der Waals surface area contributed by atoms with Gasteiger partial charge in [-0.05, 0) is 31.2 Å². The average molecular weight is 263 g/mol. The summed E-state index contributed by atoms with van der Waals surface area (Å²) in [6, 6.07) is 5.65. The van der Waals surface area contributed by atoms with Crippen LogP contribution in [0, 0.1) is 12.7 Å². The van der Waals surface area contributed by atoms with Gasteiger partial charge in [-0.2, -0.15) is 0 Å². The van der Waals surface area contributed by atoms with Crippen LogP contribution in [0.1, 0.15) is 16.8 Å². The van der Waals surface area contributed by atoms with Crippen molar-refractivity contribution in [3.05, 3.63) is 46.9 Å². The highest BCUT2D eigenvalue weighted by Gasteiger charge is 2.17. The average Bonchev–Trinajstić information content (AvgIpc) is 2.42. The fourth-order valence-corrected chi connectivity index (χ4v) is 1.98. The summed E-state index contributed by atoms with van der Waals surface area (Å²) in [6.45, 7) is 0.825. The highest BCUT2D eigenvalue weighted by atomic mass is 19.1. The van der Waals surface area contributed by atoms with E-state index < -0.39 is 6.61 Å². The number of rotatable bonds is 3. The van der Waals surface area contributed by atoms with Gasteiger partial charge in [0, 0.05) is 16.7 Å². The predicted molar refractivity (Wildman–Crippen MR) is 67.9 cm³/mol. The number of hydrogen-bond acceptors (Lipinski definition) is 4. The summed E-state index contributed by atoms with van der Waals surface area (Å²) in [7, 11) is 0. The van der Waals surface area contributed by atoms with Crippen LogP contribution in [0.2, 0.25) is 0 Å². The van der Waals surface area contributed by atoms with Crippen molar-refractivity contribution in [1.29, 1.82) is 0 Å². The smallest absolute Gasteiger partial charge is 0.142 e. The van der Waals surface area contributed by atoms with E-state index in [9.17, 15) is 19.7 Å². The highest BCUT2D eigenvalue weighted by molar-refractivity contribution is 5.66. The summed E-state index contributed by atoms with van der Waals surface area (Å²) in [5.74, 6) is -0.496. The maximum atomic E-state index is 12.9. The third-order valence-corrected chi connectivity index (χ3v) is 2.99. The van der Waals surface area contributed by atoms with E-state index in [4.69, 9.17) is 0 Å². The fourth-order valence-electron chi connectivity index (χ4n) is 1.98. The van der Waals surface area contributed by atoms with E-state index in [-0.39, 0.29) is 23.7 Å². The first-order valence-electron chi connectivity index (χ1n) is 5.77. The summed E-state index contributed by atoms with van der Waals surface area (Å²) in [5.41, 5.74) is 1.98. The molecule has 0 unspecified atom stereocenters. The largest absolute Gasteiger partial charge is 0.506 e. The monoisotopic (exact) mass is 263 g/mol. The second-order valence-electron chi connectivity index (χ2n) is 4.17. The normalized spacial score (nSPS) is 10.7. The lowest BCUT2D eigenvalue weighted by Gasteiger charge is -2.14. The Morgan fingerprint density at radius 1 is 1.05 bits per heavy atom. The van der Waals surface area contributed by atoms with Gasteiger partial charge in [-0.15, -0.1) is 0 Å². The van der Waals surface area contributed by atoms with E-state index in [2.05, 4.69) is 4.98 Å². The van der Waals surface area contributed by atoms with Gasteiger partial charge < -0.3 is 15.3 Å². The maximum absolute atomic E-state index is 12.9. The van der Waals surface area contributed by atoms with Gasteiger partial charge >= 0.3 is 0 Å². The lowest BCUT2D eigenvalue weighted by molar-refractivity contribution is 0.254. The Balaban J connectivity index is 2.69. The molecule has 1 aromatic carbocycles. The van der Waals surface area contributed by atoms with Crippen molar-refractivity contribution in [3.8, 4) is 17.0 Å². The van der Waals surface area contributed by atoms with Gasteiger partial charge in [0.2, 0.25) is 0 Å². The number of aliphatic hydroxyl groups is 2. The van der Waals surface area contributed by atoms with Crippen molar-refractivity contribution in [2.45, 2.75) is 20.1 Å². The van der Waals surface area contributed by atoms with Crippen LogP contribution in [-0.4, -0.2) is 20.3 Å². The lowest BCUT2D eigenvalue weighted by Crippen LogP contribution is -2.03. The van der Waals surface area contributed by atoms with Crippen molar-refractivity contribution in [2.75, 3.05) is 0 Å². The van der Waals surface area contributed by atoms with Crippen LogP contribution in [-0.2, 0) is 13.2 Å². The van der Waals surface area contributed by atoms with Crippen LogP contribution in [0.4, 0.5) is 4.39 Å². The predicted octanol–water partition coefficient (Wildman–Crippen LogP) is 1.89. The van der Waals surface area contributed by atoms with Gasteiger partial charge in [-0.25, -0.2) is 9.37 Å². The van der Waals surface area contributed by atoms with Gasteiger partial charge in [0.05, 0.1) is 24.6 Å². The molecule has 100 valence electrons. The Kier molecular flexibility index (Phi) is 3.78. The van der Waals surface area contributed by atoms with Crippen LogP contribution in [0.25, 0.3) is 11.3 Å². The zero-order valence-corrected chi connectivity index (χ0v) is 10.4. The van der Waals surface area contributed by atoms with Crippen molar-refractivity contribution in [2.24, 2.45) is 0 Å². The molecule has 4 nitrogen and oxygen atoms in total. The molecule has 0 fully saturated rings. The van der Waals surface area contributed by atoms with Crippen LogP contribution in [0.3, 0.4) is 0 Å². The molecule has 0 aliphatic heterocycles. The molecule has 3 N–H and O–H groups in total. The summed E-state index contributed by atoms with van der Waals surface area (Å²) >= 11 is 0. The van der Waals surface area contributed by atoms with Crippen molar-refractivity contribution in [3.63, 3.8) is 0 Å². The van der Waals surface area contributed by atoms with Gasteiger partial charge in [0.25, 0.3) is 0 Å². The van der Waals surface area contributed by atoms with E-state index in [1.807, 2.05) is 0 Å². The molecule has 0 atom stereocenters. The van der Waals surface area contributed by atoms with Gasteiger partial charge in [-0.1, -0.05) is 0 Å². The van der Waals surface area contributed by atoms with E-state index in [0.29, 0.717) is 22.5 Å². The molecule has 0 spiro atoms. The van der Waals surface area contributed by atoms with E-state index in [1.165, 1.54) is 24.3 Å². The Morgan fingerprint density at radius 3 is 2.16 bits per heavy atom. The number of aromatic nitrogens is 1. The number of aromatic hydroxyl groups is 1. The number of benzene rings is 1. The first kappa shape index (κ1) is 13.5. The number of aliphatic hydroxyl groups excluding tert-OH is 2. The first-order chi connectivity index (χ1) is 9.08. The summed E-state index contributed by atoms with van der Waals surface area (Å²) in [4.78, 5) is 4.21. The quantitative estimate of drug-likeness (QED) is 0.790. The number of hydrogen-bond donors (Lipinski definition) is 3. The first-order valence-corrected chi connectivity index (χ1v) is 5.77. The molecule has 0 aliphatic carbocycles. The van der Waals surface area contributed by atoms with Gasteiger partial charge in [0.1, 0.15) is 11.6 Å². The maximum Gasteiger partial charge on any atom is 0.142 e. The topological polar surface area (TPSA) is 73.6 Å².